The topological polar surface area (TPSA) is 87.0 Å². The molecule has 146 valence electrons. The van der Waals surface area contributed by atoms with E-state index in [0.29, 0.717) is 5.65 Å². The molecule has 3 heterocycles. The lowest BCUT2D eigenvalue weighted by Gasteiger charge is -2.26. The number of benzene rings is 2. The summed E-state index contributed by atoms with van der Waals surface area (Å²) in [6, 6.07) is 17.2. The van der Waals surface area contributed by atoms with Crippen LogP contribution >= 0.6 is 0 Å². The standard InChI is InChI=1S/C22H23N7/c1-15-6-2-3-7-16(15)12-28-10-11-29(13-17-8-4-5-9-18(17)28)21-19-20(25-14-24-19)26-22(23)27-21/h2-9,14H,10-13H2,1H3,(H3,23,24,25,26,27). The van der Waals surface area contributed by atoms with Crippen LogP contribution in [0.1, 0.15) is 16.7 Å². The summed E-state index contributed by atoms with van der Waals surface area (Å²) in [6.45, 7) is 5.51. The van der Waals surface area contributed by atoms with E-state index in [9.17, 15) is 0 Å². The van der Waals surface area contributed by atoms with Gasteiger partial charge in [-0.05, 0) is 29.7 Å². The van der Waals surface area contributed by atoms with Gasteiger partial charge in [0.15, 0.2) is 11.5 Å². The zero-order valence-electron chi connectivity index (χ0n) is 16.3. The maximum absolute atomic E-state index is 5.96. The maximum atomic E-state index is 5.96. The highest BCUT2D eigenvalue weighted by molar-refractivity contribution is 5.84. The molecule has 0 fully saturated rings. The number of aromatic amines is 1. The van der Waals surface area contributed by atoms with Gasteiger partial charge in [-0.2, -0.15) is 9.97 Å². The van der Waals surface area contributed by atoms with E-state index in [0.717, 1.165) is 37.5 Å². The molecular weight excluding hydrogens is 362 g/mol. The lowest BCUT2D eigenvalue weighted by Crippen LogP contribution is -2.32. The van der Waals surface area contributed by atoms with Gasteiger partial charge in [0.2, 0.25) is 5.95 Å². The monoisotopic (exact) mass is 385 g/mol. The van der Waals surface area contributed by atoms with Crippen LogP contribution in [0.3, 0.4) is 0 Å². The Balaban J connectivity index is 1.52. The van der Waals surface area contributed by atoms with E-state index < -0.39 is 0 Å². The molecule has 0 unspecified atom stereocenters. The highest BCUT2D eigenvalue weighted by Crippen LogP contribution is 2.31. The number of rotatable bonds is 3. The molecular formula is C22H23N7. The third-order valence-corrected chi connectivity index (χ3v) is 5.54. The molecule has 29 heavy (non-hydrogen) atoms. The average Bonchev–Trinajstić information content (AvgIpc) is 3.11. The van der Waals surface area contributed by atoms with Gasteiger partial charge >= 0.3 is 0 Å². The molecule has 2 aromatic carbocycles. The van der Waals surface area contributed by atoms with Gasteiger partial charge in [-0.25, -0.2) is 4.98 Å². The lowest BCUT2D eigenvalue weighted by molar-refractivity contribution is 0.749. The molecule has 2 aromatic heterocycles. The van der Waals surface area contributed by atoms with Crippen LogP contribution in [-0.2, 0) is 13.1 Å². The Hall–Kier alpha value is -3.61. The molecule has 5 rings (SSSR count). The quantitative estimate of drug-likeness (QED) is 0.563. The fraction of sp³-hybridized carbons (Fsp3) is 0.227. The van der Waals surface area contributed by atoms with E-state index in [1.807, 2.05) is 0 Å². The molecule has 0 atom stereocenters. The van der Waals surface area contributed by atoms with E-state index in [1.165, 1.54) is 22.4 Å². The molecule has 4 aromatic rings. The Morgan fingerprint density at radius 2 is 1.86 bits per heavy atom. The molecule has 7 heteroatoms. The molecule has 1 aliphatic heterocycles. The van der Waals surface area contributed by atoms with Gasteiger partial charge < -0.3 is 20.5 Å². The number of fused-ring (bicyclic) bond motifs is 2. The first-order chi connectivity index (χ1) is 14.2. The number of nitrogen functional groups attached to an aromatic ring is 1. The van der Waals surface area contributed by atoms with Gasteiger partial charge in [0.1, 0.15) is 5.52 Å². The number of nitrogens with two attached hydrogens (primary N) is 1. The summed E-state index contributed by atoms with van der Waals surface area (Å²) in [5.41, 5.74) is 12.6. The third-order valence-electron chi connectivity index (χ3n) is 5.54. The predicted molar refractivity (Wildman–Crippen MR) is 116 cm³/mol. The zero-order chi connectivity index (χ0) is 19.8. The predicted octanol–water partition coefficient (Wildman–Crippen LogP) is 3.27. The third kappa shape index (κ3) is 3.24. The Kier molecular flexibility index (Phi) is 4.27. The SMILES string of the molecule is Cc1ccccc1CN1CCN(c2nc(N)nc3nc[nH]c23)Cc2ccccc21. The first-order valence-electron chi connectivity index (χ1n) is 9.78. The van der Waals surface area contributed by atoms with Gasteiger partial charge in [-0.15, -0.1) is 0 Å². The number of H-pyrrole nitrogens is 1. The minimum Gasteiger partial charge on any atom is -0.368 e. The van der Waals surface area contributed by atoms with Crippen molar-refractivity contribution in [2.24, 2.45) is 0 Å². The van der Waals surface area contributed by atoms with Crippen molar-refractivity contribution in [3.8, 4) is 0 Å². The minimum absolute atomic E-state index is 0.244. The van der Waals surface area contributed by atoms with Crippen LogP contribution in [0.4, 0.5) is 17.5 Å². The van der Waals surface area contributed by atoms with Gasteiger partial charge in [0, 0.05) is 31.9 Å². The second-order valence-corrected chi connectivity index (χ2v) is 7.40. The molecule has 0 aliphatic carbocycles. The van der Waals surface area contributed by atoms with Crippen molar-refractivity contribution in [1.82, 2.24) is 19.9 Å². The molecule has 0 saturated carbocycles. The summed E-state index contributed by atoms with van der Waals surface area (Å²) in [4.78, 5) is 20.9. The van der Waals surface area contributed by atoms with Crippen molar-refractivity contribution in [2.75, 3.05) is 28.6 Å². The van der Waals surface area contributed by atoms with Crippen LogP contribution in [0.5, 0.6) is 0 Å². The van der Waals surface area contributed by atoms with E-state index in [1.54, 1.807) is 6.33 Å². The molecule has 0 radical (unpaired) electrons. The number of aryl methyl sites for hydroxylation is 1. The number of nitrogens with one attached hydrogen (secondary N) is 1. The number of para-hydroxylation sites is 1. The number of anilines is 3. The number of hydrogen-bond acceptors (Lipinski definition) is 6. The Labute approximate surface area is 169 Å². The molecule has 3 N–H and O–H groups in total. The number of aromatic nitrogens is 4. The van der Waals surface area contributed by atoms with Crippen molar-refractivity contribution in [1.29, 1.82) is 0 Å². The van der Waals surface area contributed by atoms with Crippen molar-refractivity contribution >= 4 is 28.6 Å². The summed E-state index contributed by atoms with van der Waals surface area (Å²) >= 11 is 0. The van der Waals surface area contributed by atoms with Gasteiger partial charge in [0.05, 0.1) is 6.33 Å². The zero-order valence-corrected chi connectivity index (χ0v) is 16.3. The van der Waals surface area contributed by atoms with E-state index in [4.69, 9.17) is 5.73 Å². The van der Waals surface area contributed by atoms with Crippen LogP contribution < -0.4 is 15.5 Å². The second-order valence-electron chi connectivity index (χ2n) is 7.40. The van der Waals surface area contributed by atoms with Crippen LogP contribution in [0.25, 0.3) is 11.2 Å². The smallest absolute Gasteiger partial charge is 0.224 e. The molecule has 0 bridgehead atoms. The molecule has 1 aliphatic rings. The summed E-state index contributed by atoms with van der Waals surface area (Å²) in [5.74, 6) is 1.05. The number of hydrogen-bond donors (Lipinski definition) is 2. The van der Waals surface area contributed by atoms with Crippen molar-refractivity contribution in [3.05, 3.63) is 71.5 Å². The van der Waals surface area contributed by atoms with Crippen LogP contribution in [0, 0.1) is 6.92 Å². The van der Waals surface area contributed by atoms with E-state index >= 15 is 0 Å². The minimum atomic E-state index is 0.244. The number of nitrogens with zero attached hydrogens (tertiary/aromatic N) is 5. The highest BCUT2D eigenvalue weighted by Gasteiger charge is 2.23. The second kappa shape index (κ2) is 7.09. The lowest BCUT2D eigenvalue weighted by atomic mass is 10.1. The Bertz CT molecular complexity index is 1170. The first kappa shape index (κ1) is 17.5. The van der Waals surface area contributed by atoms with Crippen molar-refractivity contribution < 1.29 is 0 Å². The maximum Gasteiger partial charge on any atom is 0.224 e. The largest absolute Gasteiger partial charge is 0.368 e. The molecule has 7 nitrogen and oxygen atoms in total. The van der Waals surface area contributed by atoms with E-state index in [-0.39, 0.29) is 5.95 Å². The fourth-order valence-corrected chi connectivity index (χ4v) is 4.00. The normalized spacial score (nSPS) is 14.1. The fourth-order valence-electron chi connectivity index (χ4n) is 4.00. The molecule has 0 spiro atoms. The van der Waals surface area contributed by atoms with Crippen LogP contribution in [-0.4, -0.2) is 33.0 Å². The summed E-state index contributed by atoms with van der Waals surface area (Å²) in [7, 11) is 0. The van der Waals surface area contributed by atoms with Gasteiger partial charge in [-0.3, -0.25) is 0 Å². The summed E-state index contributed by atoms with van der Waals surface area (Å²) < 4.78 is 0. The van der Waals surface area contributed by atoms with Gasteiger partial charge in [0.25, 0.3) is 0 Å². The van der Waals surface area contributed by atoms with Crippen molar-refractivity contribution in [3.63, 3.8) is 0 Å². The van der Waals surface area contributed by atoms with Gasteiger partial charge in [-0.1, -0.05) is 42.5 Å². The average molecular weight is 385 g/mol. The summed E-state index contributed by atoms with van der Waals surface area (Å²) in [6.07, 6.45) is 1.64. The van der Waals surface area contributed by atoms with Crippen molar-refractivity contribution in [2.45, 2.75) is 20.0 Å². The first-order valence-corrected chi connectivity index (χ1v) is 9.78. The summed E-state index contributed by atoms with van der Waals surface area (Å²) in [5, 5.41) is 0. The van der Waals surface area contributed by atoms with Crippen LogP contribution in [0.2, 0.25) is 0 Å². The number of imidazole rings is 1. The van der Waals surface area contributed by atoms with Crippen LogP contribution in [0.15, 0.2) is 54.9 Å². The Morgan fingerprint density at radius 3 is 2.76 bits per heavy atom. The van der Waals surface area contributed by atoms with E-state index in [2.05, 4.69) is 85.2 Å². The molecule has 0 amide bonds. The Morgan fingerprint density at radius 1 is 1.03 bits per heavy atom. The highest BCUT2D eigenvalue weighted by atomic mass is 15.3. The molecule has 0 saturated heterocycles.